The fourth-order valence-electron chi connectivity index (χ4n) is 4.11. The summed E-state index contributed by atoms with van der Waals surface area (Å²) in [5.41, 5.74) is 1.01. The fraction of sp³-hybridized carbons (Fsp3) is 0.273. The van der Waals surface area contributed by atoms with Crippen molar-refractivity contribution in [3.63, 3.8) is 0 Å². The molecule has 2 aromatic carbocycles. The van der Waals surface area contributed by atoms with Crippen LogP contribution in [0, 0.1) is 0 Å². The van der Waals surface area contributed by atoms with Crippen LogP contribution in [0.15, 0.2) is 58.2 Å². The number of halogens is 2. The number of aromatic nitrogens is 5. The van der Waals surface area contributed by atoms with Gasteiger partial charge in [0.15, 0.2) is 11.2 Å². The van der Waals surface area contributed by atoms with Gasteiger partial charge in [0, 0.05) is 29.1 Å². The van der Waals surface area contributed by atoms with E-state index in [1.165, 1.54) is 16.4 Å². The zero-order valence-electron chi connectivity index (χ0n) is 17.9. The molecule has 5 rings (SSSR count). The average molecular weight is 519 g/mol. The van der Waals surface area contributed by atoms with Crippen LogP contribution >= 0.6 is 23.2 Å². The molecule has 1 aliphatic rings. The maximum Gasteiger partial charge on any atom is 0.281 e. The molecule has 1 N–H and O–H groups in total. The van der Waals surface area contributed by atoms with Crippen LogP contribution in [0.4, 0.5) is 0 Å². The molecule has 4 aromatic rings. The van der Waals surface area contributed by atoms with Gasteiger partial charge in [0.05, 0.1) is 11.4 Å². The lowest BCUT2D eigenvalue weighted by Crippen LogP contribution is -2.39. The Hall–Kier alpha value is -2.79. The van der Waals surface area contributed by atoms with Gasteiger partial charge < -0.3 is 4.98 Å². The predicted molar refractivity (Wildman–Crippen MR) is 129 cm³/mol. The molecule has 0 amide bonds. The van der Waals surface area contributed by atoms with E-state index in [0.717, 1.165) is 5.56 Å². The Morgan fingerprint density at radius 1 is 1.09 bits per heavy atom. The number of rotatable bonds is 5. The van der Waals surface area contributed by atoms with Crippen LogP contribution in [-0.4, -0.2) is 50.8 Å². The molecule has 1 aliphatic heterocycles. The van der Waals surface area contributed by atoms with Gasteiger partial charge in [-0.25, -0.2) is 18.1 Å². The molecule has 0 radical (unpaired) electrons. The number of nitrogens with one attached hydrogen (secondary N) is 1. The van der Waals surface area contributed by atoms with E-state index >= 15 is 0 Å². The van der Waals surface area contributed by atoms with Crippen LogP contribution in [0.5, 0.6) is 0 Å². The van der Waals surface area contributed by atoms with Gasteiger partial charge in [0.25, 0.3) is 5.56 Å². The van der Waals surface area contributed by atoms with Crippen molar-refractivity contribution in [2.45, 2.75) is 30.2 Å². The van der Waals surface area contributed by atoms with Gasteiger partial charge in [-0.2, -0.15) is 4.31 Å². The second kappa shape index (κ2) is 9.10. The average Bonchev–Trinajstić information content (AvgIpc) is 3.24. The van der Waals surface area contributed by atoms with E-state index < -0.39 is 15.6 Å². The fourth-order valence-corrected chi connectivity index (χ4v) is 6.06. The Bertz CT molecular complexity index is 1520. The highest BCUT2D eigenvalue weighted by atomic mass is 35.5. The number of benzene rings is 2. The number of aromatic amines is 1. The van der Waals surface area contributed by atoms with Crippen molar-refractivity contribution in [3.8, 4) is 0 Å². The summed E-state index contributed by atoms with van der Waals surface area (Å²) in [6.07, 6.45) is 1.32. The van der Waals surface area contributed by atoms with Crippen LogP contribution in [0.25, 0.3) is 11.2 Å². The third-order valence-electron chi connectivity index (χ3n) is 5.84. The summed E-state index contributed by atoms with van der Waals surface area (Å²) in [4.78, 5) is 20.3. The summed E-state index contributed by atoms with van der Waals surface area (Å²) in [6.45, 7) is 0.944. The Labute approximate surface area is 205 Å². The van der Waals surface area contributed by atoms with Crippen molar-refractivity contribution < 1.29 is 8.42 Å². The molecule has 0 saturated carbocycles. The standard InChI is InChI=1S/C22H20Cl2N6O3S/c23-16-8-6-14(7-9-16)12-30-21-19(27-28-30)22(31)26-20(25-21)15-3-2-10-29(13-15)34(32,33)18-5-1-4-17(24)11-18/h1,4-9,11,15H,2-3,10,12-13H2,(H,25,26,31)/t15-/m1/s1. The normalized spacial score (nSPS) is 17.3. The number of H-pyrrole nitrogens is 1. The Kier molecular flexibility index (Phi) is 6.15. The van der Waals surface area contributed by atoms with Crippen LogP contribution in [-0.2, 0) is 16.6 Å². The highest BCUT2D eigenvalue weighted by molar-refractivity contribution is 7.89. The first-order chi connectivity index (χ1) is 16.3. The third-order valence-corrected chi connectivity index (χ3v) is 8.19. The van der Waals surface area contributed by atoms with Crippen LogP contribution in [0.3, 0.4) is 0 Å². The third kappa shape index (κ3) is 4.46. The molecular formula is C22H20Cl2N6O3S. The molecule has 1 atom stereocenters. The zero-order chi connectivity index (χ0) is 23.9. The minimum absolute atomic E-state index is 0.136. The van der Waals surface area contributed by atoms with Crippen molar-refractivity contribution in [3.05, 3.63) is 80.3 Å². The summed E-state index contributed by atoms with van der Waals surface area (Å²) in [7, 11) is -3.73. The van der Waals surface area contributed by atoms with Crippen molar-refractivity contribution in [2.75, 3.05) is 13.1 Å². The number of nitrogens with zero attached hydrogens (tertiary/aromatic N) is 5. The number of sulfonamides is 1. The first kappa shape index (κ1) is 23.0. The van der Waals surface area contributed by atoms with Crippen LogP contribution < -0.4 is 5.56 Å². The predicted octanol–water partition coefficient (Wildman–Crippen LogP) is 3.44. The number of piperidine rings is 1. The maximum absolute atomic E-state index is 13.2. The SMILES string of the molecule is O=c1[nH]c([C@@H]2CCCN(S(=O)(=O)c3cccc(Cl)c3)C2)nc2c1nnn2Cc1ccc(Cl)cc1. The van der Waals surface area contributed by atoms with Crippen molar-refractivity contribution >= 4 is 44.4 Å². The molecule has 9 nitrogen and oxygen atoms in total. The number of hydrogen-bond acceptors (Lipinski definition) is 6. The van der Waals surface area contributed by atoms with E-state index in [9.17, 15) is 13.2 Å². The molecule has 176 valence electrons. The molecule has 0 unspecified atom stereocenters. The van der Waals surface area contributed by atoms with E-state index in [0.29, 0.717) is 47.4 Å². The van der Waals surface area contributed by atoms with E-state index in [2.05, 4.69) is 20.3 Å². The lowest BCUT2D eigenvalue weighted by molar-refractivity contribution is 0.309. The van der Waals surface area contributed by atoms with E-state index in [1.807, 2.05) is 12.1 Å². The molecule has 1 saturated heterocycles. The molecule has 3 heterocycles. The number of fused-ring (bicyclic) bond motifs is 1. The topological polar surface area (TPSA) is 114 Å². The smallest absolute Gasteiger partial charge is 0.281 e. The molecule has 1 fully saturated rings. The monoisotopic (exact) mass is 518 g/mol. The quantitative estimate of drug-likeness (QED) is 0.432. The molecular weight excluding hydrogens is 499 g/mol. The van der Waals surface area contributed by atoms with Crippen molar-refractivity contribution in [1.82, 2.24) is 29.3 Å². The largest absolute Gasteiger partial charge is 0.308 e. The second-order valence-electron chi connectivity index (χ2n) is 8.16. The highest BCUT2D eigenvalue weighted by Crippen LogP contribution is 2.29. The first-order valence-corrected chi connectivity index (χ1v) is 12.8. The first-order valence-electron chi connectivity index (χ1n) is 10.6. The summed E-state index contributed by atoms with van der Waals surface area (Å²) in [6, 6.07) is 13.5. The molecule has 0 aliphatic carbocycles. The molecule has 0 bridgehead atoms. The zero-order valence-corrected chi connectivity index (χ0v) is 20.2. The van der Waals surface area contributed by atoms with E-state index in [4.69, 9.17) is 23.2 Å². The Balaban J connectivity index is 1.45. The van der Waals surface area contributed by atoms with Crippen LogP contribution in [0.2, 0.25) is 10.0 Å². The maximum atomic E-state index is 13.2. The second-order valence-corrected chi connectivity index (χ2v) is 11.0. The highest BCUT2D eigenvalue weighted by Gasteiger charge is 2.32. The summed E-state index contributed by atoms with van der Waals surface area (Å²) < 4.78 is 29.3. The summed E-state index contributed by atoms with van der Waals surface area (Å²) in [5, 5.41) is 9.05. The van der Waals surface area contributed by atoms with Crippen LogP contribution in [0.1, 0.15) is 30.1 Å². The van der Waals surface area contributed by atoms with Gasteiger partial charge in [0.2, 0.25) is 10.0 Å². The lowest BCUT2D eigenvalue weighted by Gasteiger charge is -2.31. The van der Waals surface area contributed by atoms with Crippen molar-refractivity contribution in [1.29, 1.82) is 0 Å². The lowest BCUT2D eigenvalue weighted by atomic mass is 9.99. The van der Waals surface area contributed by atoms with E-state index in [1.54, 1.807) is 28.9 Å². The minimum atomic E-state index is -3.73. The molecule has 34 heavy (non-hydrogen) atoms. The minimum Gasteiger partial charge on any atom is -0.308 e. The van der Waals surface area contributed by atoms with Gasteiger partial charge in [-0.15, -0.1) is 5.10 Å². The Morgan fingerprint density at radius 3 is 2.65 bits per heavy atom. The van der Waals surface area contributed by atoms with E-state index in [-0.39, 0.29) is 22.9 Å². The summed E-state index contributed by atoms with van der Waals surface area (Å²) in [5.74, 6) is 0.141. The van der Waals surface area contributed by atoms with Gasteiger partial charge >= 0.3 is 0 Å². The number of hydrogen-bond donors (Lipinski definition) is 1. The van der Waals surface area contributed by atoms with Gasteiger partial charge in [-0.05, 0) is 48.7 Å². The Morgan fingerprint density at radius 2 is 1.88 bits per heavy atom. The molecule has 12 heteroatoms. The molecule has 2 aromatic heterocycles. The van der Waals surface area contributed by atoms with Gasteiger partial charge in [-0.1, -0.05) is 46.6 Å². The summed E-state index contributed by atoms with van der Waals surface area (Å²) >= 11 is 12.0. The van der Waals surface area contributed by atoms with Crippen molar-refractivity contribution in [2.24, 2.45) is 0 Å². The molecule has 0 spiro atoms. The van der Waals surface area contributed by atoms with Gasteiger partial charge in [-0.3, -0.25) is 4.79 Å². The van der Waals surface area contributed by atoms with Gasteiger partial charge in [0.1, 0.15) is 5.82 Å².